The molecule has 0 heterocycles. The van der Waals surface area contributed by atoms with E-state index >= 15 is 0 Å². The SMILES string of the molecule is C.C.CCC1CC(CC)C(COCC(CC)OC)C1. The Morgan fingerprint density at radius 2 is 1.63 bits per heavy atom. The van der Waals surface area contributed by atoms with Gasteiger partial charge in [-0.25, -0.2) is 0 Å². The summed E-state index contributed by atoms with van der Waals surface area (Å²) in [5, 5.41) is 0. The molecule has 1 rings (SSSR count). The van der Waals surface area contributed by atoms with Crippen molar-refractivity contribution in [1.29, 1.82) is 0 Å². The summed E-state index contributed by atoms with van der Waals surface area (Å²) < 4.78 is 11.2. The van der Waals surface area contributed by atoms with Crippen molar-refractivity contribution in [2.75, 3.05) is 20.3 Å². The van der Waals surface area contributed by atoms with Crippen molar-refractivity contribution in [1.82, 2.24) is 0 Å². The third kappa shape index (κ3) is 6.76. The van der Waals surface area contributed by atoms with Crippen molar-refractivity contribution in [3.63, 3.8) is 0 Å². The van der Waals surface area contributed by atoms with Crippen LogP contribution in [0.3, 0.4) is 0 Å². The molecule has 118 valence electrons. The Kier molecular flexibility index (Phi) is 13.1. The molecule has 1 aliphatic rings. The van der Waals surface area contributed by atoms with E-state index in [1.807, 2.05) is 0 Å². The zero-order chi connectivity index (χ0) is 12.7. The van der Waals surface area contributed by atoms with E-state index in [0.717, 1.165) is 37.4 Å². The summed E-state index contributed by atoms with van der Waals surface area (Å²) in [5.41, 5.74) is 0. The molecule has 4 atom stereocenters. The number of ether oxygens (including phenoxy) is 2. The Bertz CT molecular complexity index is 190. The van der Waals surface area contributed by atoms with E-state index in [1.54, 1.807) is 7.11 Å². The van der Waals surface area contributed by atoms with Crippen molar-refractivity contribution in [2.45, 2.75) is 73.8 Å². The molecule has 0 aliphatic heterocycles. The average molecular weight is 274 g/mol. The first-order valence-electron chi connectivity index (χ1n) is 7.35. The third-order valence-electron chi connectivity index (χ3n) is 4.46. The number of hydrogen-bond donors (Lipinski definition) is 0. The molecule has 0 N–H and O–H groups in total. The minimum Gasteiger partial charge on any atom is -0.379 e. The second kappa shape index (κ2) is 11.7. The Hall–Kier alpha value is -0.0800. The van der Waals surface area contributed by atoms with Crippen molar-refractivity contribution >= 4 is 0 Å². The van der Waals surface area contributed by atoms with Crippen LogP contribution < -0.4 is 0 Å². The van der Waals surface area contributed by atoms with Crippen LogP contribution in [0, 0.1) is 17.8 Å². The Balaban J connectivity index is 0. The summed E-state index contributed by atoms with van der Waals surface area (Å²) in [6, 6.07) is 0. The average Bonchev–Trinajstić information content (AvgIpc) is 2.77. The van der Waals surface area contributed by atoms with Gasteiger partial charge in [0.25, 0.3) is 0 Å². The molecule has 0 aromatic rings. The van der Waals surface area contributed by atoms with Gasteiger partial charge in [0.2, 0.25) is 0 Å². The molecule has 0 amide bonds. The van der Waals surface area contributed by atoms with Crippen LogP contribution >= 0.6 is 0 Å². The molecule has 0 spiro atoms. The predicted octanol–water partition coefficient (Wildman–Crippen LogP) is 5.16. The van der Waals surface area contributed by atoms with Gasteiger partial charge in [0.05, 0.1) is 12.7 Å². The van der Waals surface area contributed by atoms with Gasteiger partial charge in [0.15, 0.2) is 0 Å². The van der Waals surface area contributed by atoms with E-state index in [-0.39, 0.29) is 21.0 Å². The maximum Gasteiger partial charge on any atom is 0.0802 e. The smallest absolute Gasteiger partial charge is 0.0802 e. The van der Waals surface area contributed by atoms with E-state index in [1.165, 1.54) is 25.7 Å². The van der Waals surface area contributed by atoms with Crippen molar-refractivity contribution in [3.05, 3.63) is 0 Å². The van der Waals surface area contributed by atoms with E-state index in [0.29, 0.717) is 0 Å². The Morgan fingerprint density at radius 3 is 2.11 bits per heavy atom. The molecule has 0 aromatic carbocycles. The van der Waals surface area contributed by atoms with Crippen molar-refractivity contribution in [3.8, 4) is 0 Å². The van der Waals surface area contributed by atoms with Gasteiger partial charge < -0.3 is 9.47 Å². The van der Waals surface area contributed by atoms with E-state index in [4.69, 9.17) is 9.47 Å². The topological polar surface area (TPSA) is 18.5 Å². The van der Waals surface area contributed by atoms with E-state index in [2.05, 4.69) is 20.8 Å². The normalized spacial score (nSPS) is 27.5. The fraction of sp³-hybridized carbons (Fsp3) is 1.00. The van der Waals surface area contributed by atoms with Crippen molar-refractivity contribution < 1.29 is 9.47 Å². The van der Waals surface area contributed by atoms with E-state index in [9.17, 15) is 0 Å². The maximum atomic E-state index is 5.86. The first-order chi connectivity index (χ1) is 8.24. The molecular formula is C17H38O2. The molecule has 4 unspecified atom stereocenters. The standard InChI is InChI=1S/C15H30O2.2CH4/c1-5-12-8-13(6-2)14(9-12)10-17-11-15(7-3)16-4;;/h12-15H,5-11H2,1-4H3;2*1H4. The first-order valence-corrected chi connectivity index (χ1v) is 7.35. The van der Waals surface area contributed by atoms with Crippen LogP contribution in [0.5, 0.6) is 0 Å². The second-order valence-corrected chi connectivity index (χ2v) is 5.48. The highest BCUT2D eigenvalue weighted by atomic mass is 16.5. The molecule has 1 saturated carbocycles. The van der Waals surface area contributed by atoms with Crippen molar-refractivity contribution in [2.24, 2.45) is 17.8 Å². The van der Waals surface area contributed by atoms with Crippen LogP contribution in [-0.2, 0) is 9.47 Å². The summed E-state index contributed by atoms with van der Waals surface area (Å²) >= 11 is 0. The highest BCUT2D eigenvalue weighted by molar-refractivity contribution is 4.82. The van der Waals surface area contributed by atoms with Crippen LogP contribution in [0.15, 0.2) is 0 Å². The van der Waals surface area contributed by atoms with Crippen LogP contribution in [0.2, 0.25) is 0 Å². The highest BCUT2D eigenvalue weighted by Crippen LogP contribution is 2.39. The minimum atomic E-state index is 0. The molecule has 19 heavy (non-hydrogen) atoms. The molecule has 0 saturated heterocycles. The molecule has 1 fully saturated rings. The lowest BCUT2D eigenvalue weighted by atomic mass is 9.94. The summed E-state index contributed by atoms with van der Waals surface area (Å²) in [4.78, 5) is 0. The largest absolute Gasteiger partial charge is 0.379 e. The summed E-state index contributed by atoms with van der Waals surface area (Å²) in [7, 11) is 1.77. The zero-order valence-corrected chi connectivity index (χ0v) is 12.1. The Labute approximate surface area is 122 Å². The van der Waals surface area contributed by atoms with Crippen LogP contribution in [0.1, 0.15) is 67.7 Å². The molecular weight excluding hydrogens is 236 g/mol. The van der Waals surface area contributed by atoms with Gasteiger partial charge in [-0.1, -0.05) is 48.5 Å². The first kappa shape index (κ1) is 21.2. The summed E-state index contributed by atoms with van der Waals surface area (Å²) in [6.07, 6.45) is 6.75. The summed E-state index contributed by atoms with van der Waals surface area (Å²) in [5.74, 6) is 2.62. The van der Waals surface area contributed by atoms with Gasteiger partial charge in [-0.15, -0.1) is 0 Å². The zero-order valence-electron chi connectivity index (χ0n) is 12.1. The quantitative estimate of drug-likeness (QED) is 0.608. The fourth-order valence-electron chi connectivity index (χ4n) is 3.08. The lowest BCUT2D eigenvalue weighted by Gasteiger charge is -2.20. The highest BCUT2D eigenvalue weighted by Gasteiger charge is 2.32. The third-order valence-corrected chi connectivity index (χ3v) is 4.46. The lowest BCUT2D eigenvalue weighted by molar-refractivity contribution is -0.00857. The monoisotopic (exact) mass is 274 g/mol. The molecule has 0 bridgehead atoms. The number of rotatable bonds is 8. The molecule has 1 aliphatic carbocycles. The van der Waals surface area contributed by atoms with Crippen LogP contribution in [0.4, 0.5) is 0 Å². The van der Waals surface area contributed by atoms with Gasteiger partial charge >= 0.3 is 0 Å². The molecule has 0 aromatic heterocycles. The van der Waals surface area contributed by atoms with E-state index < -0.39 is 0 Å². The lowest BCUT2D eigenvalue weighted by Crippen LogP contribution is -2.21. The van der Waals surface area contributed by atoms with Gasteiger partial charge in [-0.3, -0.25) is 0 Å². The molecule has 2 heteroatoms. The summed E-state index contributed by atoms with van der Waals surface area (Å²) in [6.45, 7) is 8.49. The second-order valence-electron chi connectivity index (χ2n) is 5.48. The van der Waals surface area contributed by atoms with Gasteiger partial charge in [0, 0.05) is 13.7 Å². The van der Waals surface area contributed by atoms with Gasteiger partial charge in [0.1, 0.15) is 0 Å². The molecule has 0 radical (unpaired) electrons. The Morgan fingerprint density at radius 1 is 1.00 bits per heavy atom. The number of methoxy groups -OCH3 is 1. The fourth-order valence-corrected chi connectivity index (χ4v) is 3.08. The maximum absolute atomic E-state index is 5.86. The van der Waals surface area contributed by atoms with Gasteiger partial charge in [-0.05, 0) is 37.0 Å². The minimum absolute atomic E-state index is 0. The van der Waals surface area contributed by atoms with Crippen LogP contribution in [0.25, 0.3) is 0 Å². The van der Waals surface area contributed by atoms with Gasteiger partial charge in [-0.2, -0.15) is 0 Å². The molecule has 2 nitrogen and oxygen atoms in total. The number of hydrogen-bond acceptors (Lipinski definition) is 2. The predicted molar refractivity (Wildman–Crippen MR) is 85.7 cm³/mol. The van der Waals surface area contributed by atoms with Crippen LogP contribution in [-0.4, -0.2) is 26.4 Å².